The van der Waals surface area contributed by atoms with Crippen molar-refractivity contribution in [2.75, 3.05) is 25.5 Å². The van der Waals surface area contributed by atoms with Crippen LogP contribution >= 0.6 is 0 Å². The fraction of sp³-hybridized carbons (Fsp3) is 0.500. The van der Waals surface area contributed by atoms with Crippen LogP contribution in [0.3, 0.4) is 0 Å². The number of aryl methyl sites for hydroxylation is 1. The molecule has 0 bridgehead atoms. The zero-order valence-electron chi connectivity index (χ0n) is 16.5. The summed E-state index contributed by atoms with van der Waals surface area (Å²) in [6.45, 7) is 1.02. The van der Waals surface area contributed by atoms with Crippen molar-refractivity contribution in [2.45, 2.75) is 32.7 Å². The largest absolute Gasteiger partial charge is 0.368 e. The molecular formula is C18H27FN4O5S. The van der Waals surface area contributed by atoms with E-state index in [1.54, 1.807) is 31.2 Å². The number of hydrazine groups is 1. The van der Waals surface area contributed by atoms with E-state index in [0.717, 1.165) is 9.87 Å². The Hall–Kier alpha value is -2.53. The Bertz CT molecular complexity index is 804. The first-order valence-electron chi connectivity index (χ1n) is 9.11. The van der Waals surface area contributed by atoms with Crippen LogP contribution in [0.4, 0.5) is 4.39 Å². The average molecular weight is 431 g/mol. The van der Waals surface area contributed by atoms with Gasteiger partial charge in [-0.1, -0.05) is 37.3 Å². The molecule has 0 spiro atoms. The molecule has 1 aromatic carbocycles. The zero-order valence-corrected chi connectivity index (χ0v) is 17.3. The maximum absolute atomic E-state index is 12.8. The lowest BCUT2D eigenvalue weighted by Gasteiger charge is -2.29. The van der Waals surface area contributed by atoms with Crippen LogP contribution < -0.4 is 11.2 Å². The molecule has 11 heteroatoms. The molecule has 9 nitrogen and oxygen atoms in total. The molecule has 0 fully saturated rings. The minimum Gasteiger partial charge on any atom is -0.368 e. The van der Waals surface area contributed by atoms with Crippen molar-refractivity contribution < 1.29 is 27.2 Å². The van der Waals surface area contributed by atoms with Gasteiger partial charge in [0.2, 0.25) is 15.9 Å². The van der Waals surface area contributed by atoms with E-state index < -0.39 is 47.0 Å². The second kappa shape index (κ2) is 11.5. The van der Waals surface area contributed by atoms with Crippen LogP contribution in [0.15, 0.2) is 30.3 Å². The number of carbonyl (C=O) groups is 3. The van der Waals surface area contributed by atoms with Gasteiger partial charge in [-0.25, -0.2) is 17.8 Å². The SMILES string of the molecule is CCCN([C@@H](C)C(=O)NN(CC(N)=O)C(=O)CF)S(=O)(=O)CCc1ccccc1. The molecule has 0 heterocycles. The Morgan fingerprint density at radius 2 is 1.83 bits per heavy atom. The summed E-state index contributed by atoms with van der Waals surface area (Å²) in [5.74, 6) is -3.20. The topological polar surface area (TPSA) is 130 Å². The van der Waals surface area contributed by atoms with Crippen molar-refractivity contribution in [3.63, 3.8) is 0 Å². The zero-order chi connectivity index (χ0) is 22.0. The fourth-order valence-electron chi connectivity index (χ4n) is 2.58. The average Bonchev–Trinajstić information content (AvgIpc) is 2.69. The molecule has 0 saturated carbocycles. The second-order valence-corrected chi connectivity index (χ2v) is 8.44. The van der Waals surface area contributed by atoms with Crippen molar-refractivity contribution in [1.29, 1.82) is 0 Å². The number of hydrogen-bond acceptors (Lipinski definition) is 5. The molecule has 1 aromatic rings. The van der Waals surface area contributed by atoms with Gasteiger partial charge >= 0.3 is 0 Å². The number of hydrogen-bond donors (Lipinski definition) is 2. The summed E-state index contributed by atoms with van der Waals surface area (Å²) in [4.78, 5) is 35.1. The van der Waals surface area contributed by atoms with Crippen molar-refractivity contribution in [2.24, 2.45) is 5.73 Å². The van der Waals surface area contributed by atoms with Gasteiger partial charge in [0, 0.05) is 6.54 Å². The normalized spacial score (nSPS) is 12.4. The van der Waals surface area contributed by atoms with E-state index >= 15 is 0 Å². The first-order chi connectivity index (χ1) is 13.6. The highest BCUT2D eigenvalue weighted by molar-refractivity contribution is 7.89. The number of primary amides is 1. The van der Waals surface area contributed by atoms with Gasteiger partial charge in [-0.3, -0.25) is 19.8 Å². The number of sulfonamides is 1. The molecule has 162 valence electrons. The number of nitrogens with two attached hydrogens (primary N) is 1. The monoisotopic (exact) mass is 430 g/mol. The molecule has 1 atom stereocenters. The highest BCUT2D eigenvalue weighted by Crippen LogP contribution is 2.12. The van der Waals surface area contributed by atoms with E-state index in [4.69, 9.17) is 5.73 Å². The quantitative estimate of drug-likeness (QED) is 0.476. The third-order valence-corrected chi connectivity index (χ3v) is 6.01. The second-order valence-electron chi connectivity index (χ2n) is 6.39. The number of nitrogens with one attached hydrogen (secondary N) is 1. The lowest BCUT2D eigenvalue weighted by Crippen LogP contribution is -2.56. The number of benzene rings is 1. The number of rotatable bonds is 11. The van der Waals surface area contributed by atoms with Crippen LogP contribution in [0.1, 0.15) is 25.8 Å². The van der Waals surface area contributed by atoms with Crippen LogP contribution in [-0.4, -0.2) is 67.0 Å². The van der Waals surface area contributed by atoms with Gasteiger partial charge in [0.25, 0.3) is 11.8 Å². The first kappa shape index (κ1) is 24.5. The molecule has 3 amide bonds. The molecule has 1 rings (SSSR count). The lowest BCUT2D eigenvalue weighted by molar-refractivity contribution is -0.145. The fourth-order valence-corrected chi connectivity index (χ4v) is 4.34. The summed E-state index contributed by atoms with van der Waals surface area (Å²) in [7, 11) is -3.81. The van der Waals surface area contributed by atoms with Crippen LogP contribution in [-0.2, 0) is 30.8 Å². The smallest absolute Gasteiger partial charge is 0.272 e. The van der Waals surface area contributed by atoms with Crippen molar-refractivity contribution in [3.05, 3.63) is 35.9 Å². The highest BCUT2D eigenvalue weighted by Gasteiger charge is 2.32. The van der Waals surface area contributed by atoms with Gasteiger partial charge in [0.1, 0.15) is 12.6 Å². The Balaban J connectivity index is 2.92. The molecule has 0 aliphatic rings. The van der Waals surface area contributed by atoms with Gasteiger partial charge < -0.3 is 5.73 Å². The molecule has 3 N–H and O–H groups in total. The molecule has 0 radical (unpaired) electrons. The third kappa shape index (κ3) is 7.78. The number of alkyl halides is 1. The van der Waals surface area contributed by atoms with E-state index in [0.29, 0.717) is 11.4 Å². The maximum Gasteiger partial charge on any atom is 0.272 e. The summed E-state index contributed by atoms with van der Waals surface area (Å²) < 4.78 is 39.4. The number of nitrogens with zero attached hydrogens (tertiary/aromatic N) is 2. The maximum atomic E-state index is 12.8. The molecule has 0 unspecified atom stereocenters. The number of carbonyl (C=O) groups excluding carboxylic acids is 3. The Kier molecular flexibility index (Phi) is 9.69. The minimum atomic E-state index is -3.81. The van der Waals surface area contributed by atoms with E-state index in [1.165, 1.54) is 6.92 Å². The Labute approximate surface area is 170 Å². The molecule has 29 heavy (non-hydrogen) atoms. The standard InChI is InChI=1S/C18H27FN4O5S/c1-3-10-23(29(27,28)11-9-15-7-5-4-6-8-15)14(2)18(26)21-22(13-16(20)24)17(25)12-19/h4-8,14H,3,9-13H2,1-2H3,(H2,20,24)(H,21,26)/t14-/m0/s1. The summed E-state index contributed by atoms with van der Waals surface area (Å²) in [5.41, 5.74) is 7.92. The number of amides is 3. The Morgan fingerprint density at radius 1 is 1.21 bits per heavy atom. The lowest BCUT2D eigenvalue weighted by atomic mass is 10.2. The summed E-state index contributed by atoms with van der Waals surface area (Å²) >= 11 is 0. The molecule has 0 aliphatic carbocycles. The molecule has 0 aromatic heterocycles. The molecule has 0 saturated heterocycles. The molecular weight excluding hydrogens is 403 g/mol. The Morgan fingerprint density at radius 3 is 2.34 bits per heavy atom. The van der Waals surface area contributed by atoms with Crippen LogP contribution in [0.25, 0.3) is 0 Å². The summed E-state index contributed by atoms with van der Waals surface area (Å²) in [6, 6.07) is 7.86. The van der Waals surface area contributed by atoms with E-state index in [-0.39, 0.29) is 18.7 Å². The minimum absolute atomic E-state index is 0.0819. The molecule has 0 aliphatic heterocycles. The van der Waals surface area contributed by atoms with Crippen molar-refractivity contribution in [1.82, 2.24) is 14.7 Å². The highest BCUT2D eigenvalue weighted by atomic mass is 32.2. The van der Waals surface area contributed by atoms with Gasteiger partial charge in [0.05, 0.1) is 5.75 Å². The van der Waals surface area contributed by atoms with Crippen LogP contribution in [0, 0.1) is 0 Å². The summed E-state index contributed by atoms with van der Waals surface area (Å²) in [6.07, 6.45) is 0.725. The third-order valence-electron chi connectivity index (χ3n) is 4.08. The van der Waals surface area contributed by atoms with Gasteiger partial charge in [-0.15, -0.1) is 0 Å². The van der Waals surface area contributed by atoms with Crippen molar-refractivity contribution >= 4 is 27.7 Å². The van der Waals surface area contributed by atoms with E-state index in [9.17, 15) is 27.2 Å². The van der Waals surface area contributed by atoms with E-state index in [2.05, 4.69) is 5.43 Å². The van der Waals surface area contributed by atoms with E-state index in [1.807, 2.05) is 6.07 Å². The van der Waals surface area contributed by atoms with Crippen LogP contribution in [0.5, 0.6) is 0 Å². The summed E-state index contributed by atoms with van der Waals surface area (Å²) in [5, 5.41) is 0.446. The van der Waals surface area contributed by atoms with Gasteiger partial charge in [-0.2, -0.15) is 4.31 Å². The predicted molar refractivity (Wildman–Crippen MR) is 105 cm³/mol. The van der Waals surface area contributed by atoms with Gasteiger partial charge in [-0.05, 0) is 25.3 Å². The predicted octanol–water partition coefficient (Wildman–Crippen LogP) is -0.0260. The van der Waals surface area contributed by atoms with Gasteiger partial charge in [0.15, 0.2) is 6.67 Å². The number of halogens is 1. The van der Waals surface area contributed by atoms with Crippen molar-refractivity contribution in [3.8, 4) is 0 Å². The first-order valence-corrected chi connectivity index (χ1v) is 10.7. The van der Waals surface area contributed by atoms with Crippen LogP contribution in [0.2, 0.25) is 0 Å².